The second-order valence-corrected chi connectivity index (χ2v) is 17.9. The van der Waals surface area contributed by atoms with Crippen molar-refractivity contribution in [2.24, 2.45) is 5.92 Å². The van der Waals surface area contributed by atoms with Crippen LogP contribution in [0, 0.1) is 17.2 Å². The molecule has 0 radical (unpaired) electrons. The van der Waals surface area contributed by atoms with E-state index in [1.54, 1.807) is 32.6 Å². The van der Waals surface area contributed by atoms with Gasteiger partial charge in [0.15, 0.2) is 17.4 Å². The van der Waals surface area contributed by atoms with Crippen LogP contribution in [0.25, 0.3) is 11.2 Å². The molecule has 6 atom stereocenters. The minimum Gasteiger partial charge on any atom is -0.497 e. The highest BCUT2D eigenvalue weighted by Crippen LogP contribution is 2.58. The molecule has 0 spiro atoms. The summed E-state index contributed by atoms with van der Waals surface area (Å²) in [6.45, 7) is 13.9. The quantitative estimate of drug-likeness (QED) is 0.0474. The summed E-state index contributed by atoms with van der Waals surface area (Å²) in [5.41, 5.74) is -0.389. The van der Waals surface area contributed by atoms with Gasteiger partial charge in [-0.25, -0.2) is 9.65 Å². The number of aromatic amines is 1. The van der Waals surface area contributed by atoms with Gasteiger partial charge in [-0.15, -0.1) is 0 Å². The molecule has 63 heavy (non-hydrogen) atoms. The largest absolute Gasteiger partial charge is 0.497 e. The normalized spacial score (nSPS) is 20.7. The SMILES string of the molecule is COc1ccc(C(O[C@@H](C)[C@@]23CO[C@@H]([C@H](n4cnc5c(=O)[nH]c(NC(=O)C(C)C)nc54)O2)[C@@H]3OP(OCCC#N)N(C(C)C)C(C)C)(c2ccccc2)c2ccc(OC)cc2)cc1. The Morgan fingerprint density at radius 3 is 2.13 bits per heavy atom. The van der Waals surface area contributed by atoms with E-state index in [1.165, 1.54) is 6.33 Å². The van der Waals surface area contributed by atoms with Crippen LogP contribution in [0.2, 0.25) is 0 Å². The molecule has 0 aliphatic carbocycles. The fourth-order valence-corrected chi connectivity index (χ4v) is 10.1. The van der Waals surface area contributed by atoms with Crippen molar-refractivity contribution in [2.75, 3.05) is 32.8 Å². The van der Waals surface area contributed by atoms with Gasteiger partial charge >= 0.3 is 0 Å². The number of benzene rings is 3. The number of ether oxygens (including phenoxy) is 5. The highest BCUT2D eigenvalue weighted by atomic mass is 31.2. The smallest absolute Gasteiger partial charge is 0.280 e. The van der Waals surface area contributed by atoms with Crippen LogP contribution in [0.1, 0.15) is 77.8 Å². The van der Waals surface area contributed by atoms with Crippen molar-refractivity contribution in [3.63, 3.8) is 0 Å². The average molecular weight is 882 g/mol. The number of rotatable bonds is 19. The Hall–Kier alpha value is -5.24. The van der Waals surface area contributed by atoms with Crippen LogP contribution in [0.15, 0.2) is 90.0 Å². The van der Waals surface area contributed by atoms with Crippen LogP contribution in [0.4, 0.5) is 5.95 Å². The van der Waals surface area contributed by atoms with E-state index < -0.39 is 49.8 Å². The van der Waals surface area contributed by atoms with Gasteiger partial charge in [0.25, 0.3) is 14.1 Å². The Morgan fingerprint density at radius 2 is 1.57 bits per heavy atom. The molecule has 5 aromatic rings. The zero-order valence-electron chi connectivity index (χ0n) is 37.1. The van der Waals surface area contributed by atoms with Crippen LogP contribution >= 0.6 is 8.53 Å². The Labute approximate surface area is 368 Å². The number of hydrogen-bond acceptors (Lipinski definition) is 13. The van der Waals surface area contributed by atoms with Crippen molar-refractivity contribution in [1.82, 2.24) is 24.2 Å². The van der Waals surface area contributed by atoms with Gasteiger partial charge in [0.05, 0.1) is 52.4 Å². The Kier molecular flexibility index (Phi) is 14.0. The van der Waals surface area contributed by atoms with Gasteiger partial charge in [0, 0.05) is 18.0 Å². The summed E-state index contributed by atoms with van der Waals surface area (Å²) in [5.74, 6) is 0.656. The number of nitrogens with one attached hydrogen (secondary N) is 2. The maximum Gasteiger partial charge on any atom is 0.280 e. The van der Waals surface area contributed by atoms with E-state index in [0.717, 1.165) is 16.7 Å². The van der Waals surface area contributed by atoms with Crippen molar-refractivity contribution in [3.8, 4) is 17.6 Å². The molecule has 3 aromatic carbocycles. The number of nitrogens with zero attached hydrogens (tertiary/aromatic N) is 5. The van der Waals surface area contributed by atoms with Crippen LogP contribution in [0.5, 0.6) is 11.5 Å². The first-order chi connectivity index (χ1) is 30.3. The number of H-pyrrole nitrogens is 1. The lowest BCUT2D eigenvalue weighted by Crippen LogP contribution is -2.54. The van der Waals surface area contributed by atoms with E-state index in [-0.39, 0.29) is 60.7 Å². The zero-order chi connectivity index (χ0) is 45.1. The van der Waals surface area contributed by atoms with Crippen LogP contribution < -0.4 is 20.3 Å². The summed E-state index contributed by atoms with van der Waals surface area (Å²) < 4.78 is 50.4. The third-order valence-electron chi connectivity index (χ3n) is 11.5. The molecule has 0 saturated carbocycles. The Morgan fingerprint density at radius 1 is 0.968 bits per heavy atom. The summed E-state index contributed by atoms with van der Waals surface area (Å²) in [7, 11) is 1.44. The highest BCUT2D eigenvalue weighted by molar-refractivity contribution is 7.44. The maximum absolute atomic E-state index is 13.4. The average Bonchev–Trinajstić information content (AvgIpc) is 3.96. The van der Waals surface area contributed by atoms with Crippen molar-refractivity contribution in [1.29, 1.82) is 5.26 Å². The zero-order valence-corrected chi connectivity index (χ0v) is 38.0. The van der Waals surface area contributed by atoms with Gasteiger partial charge in [-0.1, -0.05) is 68.4 Å². The van der Waals surface area contributed by atoms with E-state index in [9.17, 15) is 14.9 Å². The van der Waals surface area contributed by atoms with Gasteiger partial charge < -0.3 is 32.7 Å². The van der Waals surface area contributed by atoms with Crippen molar-refractivity contribution in [3.05, 3.63) is 112 Å². The summed E-state index contributed by atoms with van der Waals surface area (Å²) in [5, 5.41) is 12.2. The number of hydrogen-bond donors (Lipinski definition) is 2. The molecule has 1 amide bonds. The molecule has 2 N–H and O–H groups in total. The van der Waals surface area contributed by atoms with E-state index in [0.29, 0.717) is 11.5 Å². The van der Waals surface area contributed by atoms with Gasteiger partial charge in [0.1, 0.15) is 34.9 Å². The van der Waals surface area contributed by atoms with Crippen LogP contribution in [0.3, 0.4) is 0 Å². The lowest BCUT2D eigenvalue weighted by Gasteiger charge is -2.44. The summed E-state index contributed by atoms with van der Waals surface area (Å²) in [4.78, 5) is 37.8. The second kappa shape index (κ2) is 19.2. The van der Waals surface area contributed by atoms with Crippen molar-refractivity contribution < 1.29 is 37.5 Å². The topological polar surface area (TPSA) is 184 Å². The number of methoxy groups -OCH3 is 2. The molecule has 7 rings (SSSR count). The summed E-state index contributed by atoms with van der Waals surface area (Å²) in [6, 6.07) is 27.7. The standard InChI is InChI=1S/C46H56N7O9P/c1-28(2)41(54)50-44-49-40-37(42(55)51-44)48-27-52(40)43-38-39(62-63(59-25-13-24-47)53(29(3)4)30(5)6)45(61-43,26-58-38)31(7)60-46(32-14-11-10-12-15-32,33-16-20-35(56-8)21-17-33)34-18-22-36(57-9)23-19-34/h10-12,14-23,27-31,38-39,43H,13,25-26H2,1-9H3,(H2,49,50,51,54,55)/t31-,38+,39-,43+,45+,63?/m0/s1. The number of imidazole rings is 1. The molecule has 2 bridgehead atoms. The molecule has 2 saturated heterocycles. The number of aromatic nitrogens is 4. The Balaban J connectivity index is 1.40. The lowest BCUT2D eigenvalue weighted by molar-refractivity contribution is -0.228. The predicted octanol–water partition coefficient (Wildman–Crippen LogP) is 7.46. The van der Waals surface area contributed by atoms with Crippen molar-refractivity contribution in [2.45, 2.75) is 103 Å². The summed E-state index contributed by atoms with van der Waals surface area (Å²) >= 11 is 0. The third-order valence-corrected chi connectivity index (χ3v) is 13.6. The van der Waals surface area contributed by atoms with E-state index in [4.69, 9.17) is 32.7 Å². The predicted molar refractivity (Wildman–Crippen MR) is 237 cm³/mol. The van der Waals surface area contributed by atoms with Crippen molar-refractivity contribution >= 4 is 31.5 Å². The number of anilines is 1. The van der Waals surface area contributed by atoms with E-state index >= 15 is 0 Å². The minimum atomic E-state index is -1.81. The number of amides is 1. The van der Waals surface area contributed by atoms with E-state index in [2.05, 4.69) is 58.7 Å². The Bertz CT molecular complexity index is 2380. The fraction of sp³-hybridized carbons (Fsp3) is 0.457. The molecular formula is C46H56N7O9P. The molecule has 1 unspecified atom stereocenters. The van der Waals surface area contributed by atoms with E-state index in [1.807, 2.05) is 85.8 Å². The molecule has 17 heteroatoms. The van der Waals surface area contributed by atoms with Gasteiger partial charge in [-0.2, -0.15) is 10.2 Å². The number of carbonyl (C=O) groups is 1. The molecule has 16 nitrogen and oxygen atoms in total. The maximum atomic E-state index is 13.4. The first kappa shape index (κ1) is 45.8. The fourth-order valence-electron chi connectivity index (χ4n) is 8.32. The first-order valence-corrected chi connectivity index (χ1v) is 22.3. The number of nitriles is 1. The van der Waals surface area contributed by atoms with Gasteiger partial charge in [0.2, 0.25) is 11.9 Å². The monoisotopic (exact) mass is 881 g/mol. The molecule has 334 valence electrons. The van der Waals surface area contributed by atoms with Gasteiger partial charge in [-0.05, 0) is 75.6 Å². The number of carbonyl (C=O) groups excluding carboxylic acids is 1. The molecule has 2 fully saturated rings. The lowest BCUT2D eigenvalue weighted by atomic mass is 9.79. The molecule has 4 heterocycles. The highest BCUT2D eigenvalue weighted by Gasteiger charge is 2.68. The van der Waals surface area contributed by atoms with Gasteiger partial charge in [-0.3, -0.25) is 24.5 Å². The third kappa shape index (κ3) is 8.84. The van der Waals surface area contributed by atoms with Crippen LogP contribution in [-0.2, 0) is 33.7 Å². The molecule has 2 aromatic heterocycles. The first-order valence-electron chi connectivity index (χ1n) is 21.1. The molecular weight excluding hydrogens is 826 g/mol. The summed E-state index contributed by atoms with van der Waals surface area (Å²) in [6.07, 6.45) is -1.70. The molecule has 2 aliphatic rings. The molecule has 2 aliphatic heterocycles. The minimum absolute atomic E-state index is 0.00312. The number of fused-ring (bicyclic) bond motifs is 3. The second-order valence-electron chi connectivity index (χ2n) is 16.5. The van der Waals surface area contributed by atoms with Crippen LogP contribution in [-0.4, -0.2) is 93.5 Å².